The van der Waals surface area contributed by atoms with Crippen molar-refractivity contribution in [3.8, 4) is 0 Å². The second kappa shape index (κ2) is 9.14. The highest BCUT2D eigenvalue weighted by Gasteiger charge is 2.28. The molecule has 0 radical (unpaired) electrons. The van der Waals surface area contributed by atoms with Gasteiger partial charge < -0.3 is 9.80 Å². The van der Waals surface area contributed by atoms with E-state index in [9.17, 15) is 4.79 Å². The molecule has 1 unspecified atom stereocenters. The zero-order valence-electron chi connectivity index (χ0n) is 17.8. The number of amides is 1. The van der Waals surface area contributed by atoms with Gasteiger partial charge in [-0.15, -0.1) is 0 Å². The summed E-state index contributed by atoms with van der Waals surface area (Å²) in [6.07, 6.45) is 12.4. The van der Waals surface area contributed by atoms with Crippen molar-refractivity contribution in [2.45, 2.75) is 45.3 Å². The summed E-state index contributed by atoms with van der Waals surface area (Å²) >= 11 is 0. The summed E-state index contributed by atoms with van der Waals surface area (Å²) in [5, 5.41) is 0. The molecule has 0 aromatic heterocycles. The molecule has 5 nitrogen and oxygen atoms in total. The Balaban J connectivity index is 1.44. The lowest BCUT2D eigenvalue weighted by atomic mass is 10.1. The fourth-order valence-corrected chi connectivity index (χ4v) is 4.60. The van der Waals surface area contributed by atoms with Gasteiger partial charge in [0, 0.05) is 62.8 Å². The molecule has 156 valence electrons. The van der Waals surface area contributed by atoms with Gasteiger partial charge in [0.25, 0.3) is 5.91 Å². The predicted molar refractivity (Wildman–Crippen MR) is 119 cm³/mol. The maximum atomic E-state index is 12.8. The van der Waals surface area contributed by atoms with Crippen LogP contribution in [0.25, 0.3) is 0 Å². The molecule has 0 N–H and O–H groups in total. The zero-order valence-corrected chi connectivity index (χ0v) is 17.8. The topological polar surface area (TPSA) is 30.0 Å². The molecule has 1 aromatic carbocycles. The van der Waals surface area contributed by atoms with E-state index in [0.29, 0.717) is 6.04 Å². The van der Waals surface area contributed by atoms with Gasteiger partial charge in [0.05, 0.1) is 0 Å². The van der Waals surface area contributed by atoms with Crippen molar-refractivity contribution in [1.82, 2.24) is 14.7 Å². The third-order valence-electron chi connectivity index (χ3n) is 6.43. The number of carbonyl (C=O) groups is 1. The van der Waals surface area contributed by atoms with Gasteiger partial charge in [-0.3, -0.25) is 14.6 Å². The van der Waals surface area contributed by atoms with Crippen molar-refractivity contribution in [3.63, 3.8) is 0 Å². The number of piperidine rings is 1. The Bertz CT molecular complexity index is 741. The number of likely N-dealkylation sites (tertiary alicyclic amines) is 1. The number of benzene rings is 1. The molecule has 3 heterocycles. The number of anilines is 1. The molecule has 0 saturated carbocycles. The Kier molecular flexibility index (Phi) is 6.36. The lowest BCUT2D eigenvalue weighted by molar-refractivity contribution is 0.0724. The average molecular weight is 395 g/mol. The first-order valence-electron chi connectivity index (χ1n) is 11.1. The van der Waals surface area contributed by atoms with Crippen molar-refractivity contribution in [3.05, 3.63) is 54.3 Å². The number of rotatable bonds is 4. The summed E-state index contributed by atoms with van der Waals surface area (Å²) in [4.78, 5) is 22.2. The molecule has 2 fully saturated rings. The number of hydrogen-bond donors (Lipinski definition) is 0. The van der Waals surface area contributed by atoms with Crippen LogP contribution in [0.4, 0.5) is 5.69 Å². The van der Waals surface area contributed by atoms with Gasteiger partial charge in [-0.1, -0.05) is 6.08 Å². The van der Waals surface area contributed by atoms with Crippen LogP contribution < -0.4 is 4.90 Å². The highest BCUT2D eigenvalue weighted by atomic mass is 16.2. The minimum atomic E-state index is 0.173. The molecule has 3 aliphatic rings. The second-order valence-corrected chi connectivity index (χ2v) is 8.61. The lowest BCUT2D eigenvalue weighted by Gasteiger charge is -2.44. The molecule has 0 aliphatic carbocycles. The molecule has 0 bridgehead atoms. The van der Waals surface area contributed by atoms with E-state index in [1.54, 1.807) is 0 Å². The fourth-order valence-electron chi connectivity index (χ4n) is 4.60. The Morgan fingerprint density at radius 2 is 1.59 bits per heavy atom. The Labute approximate surface area is 175 Å². The maximum Gasteiger partial charge on any atom is 0.253 e. The second-order valence-electron chi connectivity index (χ2n) is 8.61. The maximum absolute atomic E-state index is 12.8. The van der Waals surface area contributed by atoms with Crippen LogP contribution in [0.1, 0.15) is 43.5 Å². The van der Waals surface area contributed by atoms with E-state index >= 15 is 0 Å². The quantitative estimate of drug-likeness (QED) is 0.781. The van der Waals surface area contributed by atoms with Crippen LogP contribution in [-0.2, 0) is 0 Å². The third-order valence-corrected chi connectivity index (χ3v) is 6.43. The predicted octanol–water partition coefficient (Wildman–Crippen LogP) is 3.55. The standard InChI is InChI=1S/C24H34N4O/c1-20(2)25-16-18-26(19-17-25)23-8-4-7-15-28(23)22-11-9-21(10-12-22)24(29)27-13-5-3-6-14-27/h4,7-12,15,20,23H,3,5-6,13-14,16-19H2,1-2H3. The number of nitrogens with zero attached hydrogens (tertiary/aromatic N) is 4. The van der Waals surface area contributed by atoms with Crippen molar-refractivity contribution in [1.29, 1.82) is 0 Å². The van der Waals surface area contributed by atoms with Crippen LogP contribution in [0.15, 0.2) is 48.7 Å². The SMILES string of the molecule is CC(C)N1CCN(C2C=CC=CN2c2ccc(C(=O)N3CCCCC3)cc2)CC1. The molecule has 29 heavy (non-hydrogen) atoms. The molecular formula is C24H34N4O. The van der Waals surface area contributed by atoms with Crippen LogP contribution >= 0.6 is 0 Å². The summed E-state index contributed by atoms with van der Waals surface area (Å²) in [6, 6.07) is 8.79. The summed E-state index contributed by atoms with van der Waals surface area (Å²) in [6.45, 7) is 10.7. The van der Waals surface area contributed by atoms with Crippen LogP contribution in [0.3, 0.4) is 0 Å². The van der Waals surface area contributed by atoms with Crippen molar-refractivity contribution < 1.29 is 4.79 Å². The van der Waals surface area contributed by atoms with Crippen molar-refractivity contribution in [2.75, 3.05) is 44.2 Å². The van der Waals surface area contributed by atoms with E-state index < -0.39 is 0 Å². The van der Waals surface area contributed by atoms with Crippen molar-refractivity contribution in [2.24, 2.45) is 0 Å². The van der Waals surface area contributed by atoms with E-state index in [2.05, 4.69) is 65.1 Å². The molecule has 5 heteroatoms. The lowest BCUT2D eigenvalue weighted by Crippen LogP contribution is -2.55. The minimum Gasteiger partial charge on any atom is -0.339 e. The van der Waals surface area contributed by atoms with E-state index in [1.807, 2.05) is 17.0 Å². The van der Waals surface area contributed by atoms with Gasteiger partial charge in [-0.05, 0) is 69.5 Å². The molecule has 1 aromatic rings. The van der Waals surface area contributed by atoms with E-state index in [-0.39, 0.29) is 12.1 Å². The summed E-state index contributed by atoms with van der Waals surface area (Å²) < 4.78 is 0. The Hall–Kier alpha value is -2.11. The number of carbonyl (C=O) groups excluding carboxylic acids is 1. The first-order valence-corrected chi connectivity index (χ1v) is 11.1. The van der Waals surface area contributed by atoms with Gasteiger partial charge in [-0.2, -0.15) is 0 Å². The molecule has 3 aliphatic heterocycles. The highest BCUT2D eigenvalue weighted by Crippen LogP contribution is 2.25. The zero-order chi connectivity index (χ0) is 20.2. The fraction of sp³-hybridized carbons (Fsp3) is 0.542. The smallest absolute Gasteiger partial charge is 0.253 e. The van der Waals surface area contributed by atoms with Crippen LogP contribution in [-0.4, -0.2) is 72.1 Å². The van der Waals surface area contributed by atoms with E-state index in [4.69, 9.17) is 0 Å². The third kappa shape index (κ3) is 4.57. The molecule has 4 rings (SSSR count). The van der Waals surface area contributed by atoms with Crippen LogP contribution in [0.2, 0.25) is 0 Å². The number of hydrogen-bond acceptors (Lipinski definition) is 4. The number of piperazine rings is 1. The van der Waals surface area contributed by atoms with E-state index in [0.717, 1.165) is 63.4 Å². The summed E-state index contributed by atoms with van der Waals surface area (Å²) in [7, 11) is 0. The molecule has 2 saturated heterocycles. The van der Waals surface area contributed by atoms with Gasteiger partial charge in [0.1, 0.15) is 6.17 Å². The monoisotopic (exact) mass is 394 g/mol. The van der Waals surface area contributed by atoms with Crippen molar-refractivity contribution >= 4 is 11.6 Å². The van der Waals surface area contributed by atoms with Crippen LogP contribution in [0, 0.1) is 0 Å². The minimum absolute atomic E-state index is 0.173. The van der Waals surface area contributed by atoms with Gasteiger partial charge in [-0.25, -0.2) is 0 Å². The van der Waals surface area contributed by atoms with Crippen LogP contribution in [0.5, 0.6) is 0 Å². The Morgan fingerprint density at radius 1 is 0.897 bits per heavy atom. The molecule has 0 spiro atoms. The Morgan fingerprint density at radius 3 is 2.24 bits per heavy atom. The summed E-state index contributed by atoms with van der Waals surface area (Å²) in [5.41, 5.74) is 1.94. The van der Waals surface area contributed by atoms with Gasteiger partial charge in [0.15, 0.2) is 0 Å². The largest absolute Gasteiger partial charge is 0.339 e. The summed E-state index contributed by atoms with van der Waals surface area (Å²) in [5.74, 6) is 0.173. The first-order chi connectivity index (χ1) is 14.1. The van der Waals surface area contributed by atoms with E-state index in [1.165, 1.54) is 6.42 Å². The average Bonchev–Trinajstić information content (AvgIpc) is 2.79. The number of allylic oxidation sites excluding steroid dienone is 2. The normalized spacial score (nSPS) is 23.8. The highest BCUT2D eigenvalue weighted by molar-refractivity contribution is 5.94. The molecular weight excluding hydrogens is 360 g/mol. The molecule has 1 amide bonds. The molecule has 1 atom stereocenters. The first kappa shape index (κ1) is 20.2. The van der Waals surface area contributed by atoms with Gasteiger partial charge >= 0.3 is 0 Å². The van der Waals surface area contributed by atoms with Gasteiger partial charge in [0.2, 0.25) is 0 Å².